The number of nitrogens with one attached hydrogen (secondary N) is 2. The molecule has 0 unspecified atom stereocenters. The molecular weight excluding hydrogens is 501 g/mol. The van der Waals surface area contributed by atoms with Gasteiger partial charge in [0.1, 0.15) is 17.1 Å². The van der Waals surface area contributed by atoms with Gasteiger partial charge in [-0.3, -0.25) is 9.73 Å². The lowest BCUT2D eigenvalue weighted by Crippen LogP contribution is -2.47. The number of aliphatic imine (C=N–C) groups is 1. The molecule has 0 atom stereocenters. The van der Waals surface area contributed by atoms with E-state index in [-0.39, 0.29) is 15.6 Å². The van der Waals surface area contributed by atoms with E-state index in [2.05, 4.69) is 15.1 Å². The first kappa shape index (κ1) is 24.7. The van der Waals surface area contributed by atoms with Gasteiger partial charge in [-0.2, -0.15) is 0 Å². The van der Waals surface area contributed by atoms with Crippen molar-refractivity contribution in [3.63, 3.8) is 0 Å². The average molecular weight is 528 g/mol. The molecule has 1 fully saturated rings. The lowest BCUT2D eigenvalue weighted by Gasteiger charge is -2.33. The number of anilines is 1. The summed E-state index contributed by atoms with van der Waals surface area (Å²) in [7, 11) is -4.03. The van der Waals surface area contributed by atoms with E-state index in [1.54, 1.807) is 24.5 Å². The molecule has 2 aliphatic rings. The molecule has 7 nitrogen and oxygen atoms in total. The van der Waals surface area contributed by atoms with Crippen LogP contribution in [-0.4, -0.2) is 31.8 Å². The third kappa shape index (κ3) is 5.39. The molecule has 1 aliphatic heterocycles. The summed E-state index contributed by atoms with van der Waals surface area (Å²) in [6.07, 6.45) is 5.94. The standard InChI is InChI=1S/C26H27ClFN5O2S/c27-22-3-1-2-4-26(22)36(34,35)32-24-12-7-17(13-23(24)28)18-5-6-19-15-33(16-30-25(19)14-18)31-21-10-8-20(29)9-11-21/h1-7,12-14,16,20-21,31-32H,8-11,15,29H2. The molecule has 0 aromatic heterocycles. The zero-order chi connectivity index (χ0) is 25.3. The number of rotatable bonds is 6. The van der Waals surface area contributed by atoms with Gasteiger partial charge < -0.3 is 5.73 Å². The summed E-state index contributed by atoms with van der Waals surface area (Å²) in [5.74, 6) is -0.688. The van der Waals surface area contributed by atoms with E-state index in [0.29, 0.717) is 24.2 Å². The SMILES string of the molecule is NC1CCC(NN2C=Nc3cc(-c4ccc(NS(=O)(=O)c5ccccc5Cl)c(F)c4)ccc3C2)CC1. The van der Waals surface area contributed by atoms with Gasteiger partial charge in [-0.1, -0.05) is 41.9 Å². The quantitative estimate of drug-likeness (QED) is 0.409. The molecule has 0 amide bonds. The van der Waals surface area contributed by atoms with Gasteiger partial charge >= 0.3 is 0 Å². The maximum absolute atomic E-state index is 14.9. The van der Waals surface area contributed by atoms with Crippen molar-refractivity contribution in [1.29, 1.82) is 0 Å². The topological polar surface area (TPSA) is 99.8 Å². The van der Waals surface area contributed by atoms with E-state index in [1.807, 2.05) is 23.2 Å². The first-order valence-electron chi connectivity index (χ1n) is 11.8. The van der Waals surface area contributed by atoms with Crippen LogP contribution in [0, 0.1) is 5.82 Å². The Hall–Kier alpha value is -2.98. The van der Waals surface area contributed by atoms with Crippen molar-refractivity contribution in [2.24, 2.45) is 10.7 Å². The molecule has 1 heterocycles. The van der Waals surface area contributed by atoms with Gasteiger partial charge in [0, 0.05) is 12.1 Å². The third-order valence-corrected chi connectivity index (χ3v) is 8.42. The summed E-state index contributed by atoms with van der Waals surface area (Å²) >= 11 is 6.01. The Balaban J connectivity index is 1.29. The minimum Gasteiger partial charge on any atom is -0.328 e. The molecule has 1 aliphatic carbocycles. The predicted octanol–water partition coefficient (Wildman–Crippen LogP) is 5.20. The van der Waals surface area contributed by atoms with E-state index < -0.39 is 15.8 Å². The van der Waals surface area contributed by atoms with Crippen LogP contribution in [0.4, 0.5) is 15.8 Å². The normalized spacial score (nSPS) is 19.7. The number of sulfonamides is 1. The molecule has 0 bridgehead atoms. The van der Waals surface area contributed by atoms with E-state index in [0.717, 1.165) is 42.5 Å². The summed E-state index contributed by atoms with van der Waals surface area (Å²) in [6, 6.07) is 16.9. The summed E-state index contributed by atoms with van der Waals surface area (Å²) < 4.78 is 42.5. The Bertz CT molecular complexity index is 1410. The predicted molar refractivity (Wildman–Crippen MR) is 141 cm³/mol. The molecule has 36 heavy (non-hydrogen) atoms. The number of fused-ring (bicyclic) bond motifs is 1. The van der Waals surface area contributed by atoms with Gasteiger partial charge in [0.05, 0.1) is 22.9 Å². The van der Waals surface area contributed by atoms with Crippen LogP contribution >= 0.6 is 11.6 Å². The number of nitrogens with zero attached hydrogens (tertiary/aromatic N) is 2. The van der Waals surface area contributed by atoms with E-state index >= 15 is 0 Å². The van der Waals surface area contributed by atoms with Crippen LogP contribution in [0.2, 0.25) is 5.02 Å². The summed E-state index contributed by atoms with van der Waals surface area (Å²) in [4.78, 5) is 4.47. The fourth-order valence-electron chi connectivity index (χ4n) is 4.56. The van der Waals surface area contributed by atoms with Crippen LogP contribution in [0.3, 0.4) is 0 Å². The number of hydrogen-bond acceptors (Lipinski definition) is 6. The van der Waals surface area contributed by atoms with Gasteiger partial charge in [0.2, 0.25) is 0 Å². The highest BCUT2D eigenvalue weighted by Gasteiger charge is 2.22. The summed E-state index contributed by atoms with van der Waals surface area (Å²) in [5, 5.41) is 2.07. The van der Waals surface area contributed by atoms with Gasteiger partial charge in [-0.05, 0) is 72.7 Å². The zero-order valence-electron chi connectivity index (χ0n) is 19.5. The molecule has 5 rings (SSSR count). The molecule has 10 heteroatoms. The molecule has 4 N–H and O–H groups in total. The van der Waals surface area contributed by atoms with Crippen molar-refractivity contribution in [1.82, 2.24) is 10.4 Å². The highest BCUT2D eigenvalue weighted by Crippen LogP contribution is 2.32. The van der Waals surface area contributed by atoms with E-state index in [9.17, 15) is 12.8 Å². The average Bonchev–Trinajstić information content (AvgIpc) is 2.86. The Labute approximate surface area is 215 Å². The van der Waals surface area contributed by atoms with Crippen LogP contribution in [-0.2, 0) is 16.6 Å². The van der Waals surface area contributed by atoms with Gasteiger partial charge in [0.15, 0.2) is 0 Å². The maximum Gasteiger partial charge on any atom is 0.263 e. The van der Waals surface area contributed by atoms with E-state index in [1.165, 1.54) is 24.3 Å². The highest BCUT2D eigenvalue weighted by atomic mass is 35.5. The molecule has 188 valence electrons. The lowest BCUT2D eigenvalue weighted by atomic mass is 9.92. The smallest absolute Gasteiger partial charge is 0.263 e. The minimum atomic E-state index is -4.03. The van der Waals surface area contributed by atoms with Gasteiger partial charge in [-0.15, -0.1) is 0 Å². The van der Waals surface area contributed by atoms with E-state index in [4.69, 9.17) is 17.3 Å². The Morgan fingerprint density at radius 1 is 1.00 bits per heavy atom. The minimum absolute atomic E-state index is 0.0633. The van der Waals surface area contributed by atoms with Crippen molar-refractivity contribution in [2.45, 2.75) is 49.2 Å². The summed E-state index contributed by atoms with van der Waals surface area (Å²) in [6.45, 7) is 0.679. The van der Waals surface area contributed by atoms with Crippen molar-refractivity contribution < 1.29 is 12.8 Å². The molecule has 0 radical (unpaired) electrons. The van der Waals surface area contributed by atoms with Crippen LogP contribution in [0.25, 0.3) is 11.1 Å². The lowest BCUT2D eigenvalue weighted by molar-refractivity contribution is 0.213. The summed E-state index contributed by atoms with van der Waals surface area (Å²) in [5.41, 5.74) is 12.7. The Morgan fingerprint density at radius 2 is 1.72 bits per heavy atom. The second-order valence-corrected chi connectivity index (χ2v) is 11.2. The first-order chi connectivity index (χ1) is 17.3. The van der Waals surface area contributed by atoms with Crippen molar-refractivity contribution >= 4 is 39.3 Å². The number of halogens is 2. The third-order valence-electron chi connectivity index (χ3n) is 6.56. The van der Waals surface area contributed by atoms with Gasteiger partial charge in [0.25, 0.3) is 10.0 Å². The molecule has 3 aromatic carbocycles. The van der Waals surface area contributed by atoms with Crippen molar-refractivity contribution in [2.75, 3.05) is 4.72 Å². The van der Waals surface area contributed by atoms with Crippen LogP contribution in [0.15, 0.2) is 70.6 Å². The fraction of sp³-hybridized carbons (Fsp3) is 0.269. The monoisotopic (exact) mass is 527 g/mol. The van der Waals surface area contributed by atoms with Crippen molar-refractivity contribution in [3.8, 4) is 11.1 Å². The Kier molecular flexibility index (Phi) is 6.98. The molecule has 0 saturated heterocycles. The largest absolute Gasteiger partial charge is 0.328 e. The second-order valence-electron chi connectivity index (χ2n) is 9.19. The number of nitrogens with two attached hydrogens (primary N) is 1. The Morgan fingerprint density at radius 3 is 2.47 bits per heavy atom. The zero-order valence-corrected chi connectivity index (χ0v) is 21.1. The number of hydrazine groups is 1. The second kappa shape index (κ2) is 10.2. The first-order valence-corrected chi connectivity index (χ1v) is 13.7. The molecule has 3 aromatic rings. The van der Waals surface area contributed by atoms with Crippen LogP contribution in [0.5, 0.6) is 0 Å². The molecule has 0 spiro atoms. The van der Waals surface area contributed by atoms with Gasteiger partial charge in [-0.25, -0.2) is 23.2 Å². The van der Waals surface area contributed by atoms with Crippen molar-refractivity contribution in [3.05, 3.63) is 77.1 Å². The molecule has 1 saturated carbocycles. The fourth-order valence-corrected chi connectivity index (χ4v) is 6.14. The van der Waals surface area contributed by atoms with Crippen LogP contribution < -0.4 is 15.9 Å². The number of hydrogen-bond donors (Lipinski definition) is 3. The maximum atomic E-state index is 14.9. The molecular formula is C26H27ClFN5O2S. The highest BCUT2D eigenvalue weighted by molar-refractivity contribution is 7.92. The van der Waals surface area contributed by atoms with Crippen LogP contribution in [0.1, 0.15) is 31.2 Å². The number of benzene rings is 3.